The highest BCUT2D eigenvalue weighted by Crippen LogP contribution is 2.18. The molecule has 1 aromatic carbocycles. The molecule has 3 aromatic rings. The van der Waals surface area contributed by atoms with E-state index in [0.29, 0.717) is 24.3 Å². The lowest BCUT2D eigenvalue weighted by atomic mass is 10.2. The second-order valence-corrected chi connectivity index (χ2v) is 7.21. The number of nitro benzene ring substituents is 1. The third-order valence-corrected chi connectivity index (χ3v) is 5.22. The van der Waals surface area contributed by atoms with E-state index in [2.05, 4.69) is 30.4 Å². The first-order valence-corrected chi connectivity index (χ1v) is 9.91. The van der Waals surface area contributed by atoms with Gasteiger partial charge in [0.2, 0.25) is 0 Å². The molecule has 30 heavy (non-hydrogen) atoms. The monoisotopic (exact) mass is 410 g/mol. The molecule has 1 N–H and O–H groups in total. The third-order valence-electron chi connectivity index (χ3n) is 5.22. The lowest BCUT2D eigenvalue weighted by Gasteiger charge is -2.08. The maximum atomic E-state index is 12.6. The van der Waals surface area contributed by atoms with Gasteiger partial charge in [0, 0.05) is 38.1 Å². The van der Waals surface area contributed by atoms with Crippen molar-refractivity contribution in [2.24, 2.45) is 0 Å². The van der Waals surface area contributed by atoms with Crippen molar-refractivity contribution in [2.75, 3.05) is 6.54 Å². The van der Waals surface area contributed by atoms with E-state index in [4.69, 9.17) is 0 Å². The number of nitrogens with zero attached hydrogens (tertiary/aromatic N) is 7. The Morgan fingerprint density at radius 1 is 1.23 bits per heavy atom. The predicted octanol–water partition coefficient (Wildman–Crippen LogP) is 1.77. The number of aryl methyl sites for hydroxylation is 1. The van der Waals surface area contributed by atoms with Crippen LogP contribution in [0, 0.1) is 17.0 Å². The van der Waals surface area contributed by atoms with Crippen molar-refractivity contribution in [3.63, 3.8) is 0 Å². The zero-order valence-corrected chi connectivity index (χ0v) is 16.6. The molecule has 3 heterocycles. The maximum Gasteiger partial charge on any atom is 0.273 e. The molecule has 1 aliphatic rings. The van der Waals surface area contributed by atoms with E-state index in [1.807, 2.05) is 0 Å². The highest BCUT2D eigenvalue weighted by Gasteiger charge is 2.19. The van der Waals surface area contributed by atoms with Gasteiger partial charge >= 0.3 is 0 Å². The first-order valence-electron chi connectivity index (χ1n) is 9.91. The summed E-state index contributed by atoms with van der Waals surface area (Å²) in [5.74, 6) is 1.55. The summed E-state index contributed by atoms with van der Waals surface area (Å²) >= 11 is 0. The number of aromatic nitrogens is 6. The number of carbonyl (C=O) groups excluding carboxylic acids is 1. The molecular formula is C19H22N8O3. The Morgan fingerprint density at radius 3 is 2.93 bits per heavy atom. The van der Waals surface area contributed by atoms with Crippen molar-refractivity contribution in [1.82, 2.24) is 35.1 Å². The van der Waals surface area contributed by atoms with Crippen molar-refractivity contribution in [2.45, 2.75) is 45.6 Å². The molecule has 0 aliphatic carbocycles. The van der Waals surface area contributed by atoms with E-state index >= 15 is 0 Å². The summed E-state index contributed by atoms with van der Waals surface area (Å²) in [6.07, 6.45) is 4.97. The minimum absolute atomic E-state index is 0.0548. The normalized spacial score (nSPS) is 13.5. The molecular weight excluding hydrogens is 388 g/mol. The molecule has 11 nitrogen and oxygen atoms in total. The van der Waals surface area contributed by atoms with Gasteiger partial charge < -0.3 is 9.88 Å². The maximum absolute atomic E-state index is 12.6. The fourth-order valence-corrected chi connectivity index (χ4v) is 3.62. The Balaban J connectivity index is 1.42. The Bertz CT molecular complexity index is 1090. The standard InChI is InChI=1S/C19H22N8O3/c1-13-18(23-24-26(13)14-6-5-7-15(12-14)27(29)30)19(28)20-10-9-17-22-21-16-8-3-2-4-11-25(16)17/h5-7,12H,2-4,8-11H2,1H3,(H,20,28). The zero-order chi connectivity index (χ0) is 21.1. The number of fused-ring (bicyclic) bond motifs is 1. The lowest BCUT2D eigenvalue weighted by molar-refractivity contribution is -0.384. The largest absolute Gasteiger partial charge is 0.350 e. The van der Waals surface area contributed by atoms with Crippen molar-refractivity contribution < 1.29 is 9.72 Å². The summed E-state index contributed by atoms with van der Waals surface area (Å²) in [6, 6.07) is 6.03. The molecule has 0 saturated heterocycles. The van der Waals surface area contributed by atoms with Crippen molar-refractivity contribution in [3.8, 4) is 5.69 Å². The van der Waals surface area contributed by atoms with Crippen LogP contribution in [0.25, 0.3) is 5.69 Å². The second-order valence-electron chi connectivity index (χ2n) is 7.21. The fourth-order valence-electron chi connectivity index (χ4n) is 3.62. The SMILES string of the molecule is Cc1c(C(=O)NCCc2nnc3n2CCCCC3)nnn1-c1cccc([N+](=O)[O-])c1. The predicted molar refractivity (Wildman–Crippen MR) is 106 cm³/mol. The molecule has 156 valence electrons. The van der Waals surface area contributed by atoms with E-state index in [0.717, 1.165) is 37.5 Å². The van der Waals surface area contributed by atoms with Gasteiger partial charge in [-0.15, -0.1) is 15.3 Å². The van der Waals surface area contributed by atoms with E-state index < -0.39 is 4.92 Å². The van der Waals surface area contributed by atoms with Crippen LogP contribution in [0.1, 0.15) is 47.1 Å². The van der Waals surface area contributed by atoms with Crippen molar-refractivity contribution in [1.29, 1.82) is 0 Å². The molecule has 2 aromatic heterocycles. The van der Waals surface area contributed by atoms with Gasteiger partial charge in [-0.2, -0.15) is 0 Å². The quantitative estimate of drug-likeness (QED) is 0.483. The van der Waals surface area contributed by atoms with Gasteiger partial charge in [-0.25, -0.2) is 4.68 Å². The number of carbonyl (C=O) groups is 1. The summed E-state index contributed by atoms with van der Waals surface area (Å²) in [6.45, 7) is 3.02. The first kappa shape index (κ1) is 19.7. The molecule has 1 amide bonds. The van der Waals surface area contributed by atoms with Crippen LogP contribution in [0.5, 0.6) is 0 Å². The fraction of sp³-hybridized carbons (Fsp3) is 0.421. The van der Waals surface area contributed by atoms with Crippen LogP contribution in [0.4, 0.5) is 5.69 Å². The molecule has 0 spiro atoms. The number of hydrogen-bond acceptors (Lipinski definition) is 7. The van der Waals surface area contributed by atoms with Crippen LogP contribution in [0.2, 0.25) is 0 Å². The Morgan fingerprint density at radius 2 is 2.10 bits per heavy atom. The molecule has 0 bridgehead atoms. The number of benzene rings is 1. The van der Waals surface area contributed by atoms with Crippen LogP contribution < -0.4 is 5.32 Å². The summed E-state index contributed by atoms with van der Waals surface area (Å²) in [7, 11) is 0. The summed E-state index contributed by atoms with van der Waals surface area (Å²) < 4.78 is 3.57. The molecule has 0 atom stereocenters. The molecule has 4 rings (SSSR count). The number of rotatable bonds is 6. The van der Waals surface area contributed by atoms with Crippen LogP contribution in [-0.4, -0.2) is 47.1 Å². The van der Waals surface area contributed by atoms with Gasteiger partial charge in [-0.1, -0.05) is 17.7 Å². The zero-order valence-electron chi connectivity index (χ0n) is 16.6. The van der Waals surface area contributed by atoms with Crippen LogP contribution in [0.3, 0.4) is 0 Å². The Kier molecular flexibility index (Phi) is 5.50. The molecule has 0 saturated carbocycles. The van der Waals surface area contributed by atoms with Crippen LogP contribution in [0.15, 0.2) is 24.3 Å². The minimum Gasteiger partial charge on any atom is -0.350 e. The molecule has 0 fully saturated rings. The Hall–Kier alpha value is -3.63. The highest BCUT2D eigenvalue weighted by molar-refractivity contribution is 5.93. The number of amides is 1. The highest BCUT2D eigenvalue weighted by atomic mass is 16.6. The van der Waals surface area contributed by atoms with E-state index in [1.54, 1.807) is 19.1 Å². The Labute approximate surface area is 172 Å². The average Bonchev–Trinajstić information content (AvgIpc) is 3.22. The van der Waals surface area contributed by atoms with Gasteiger partial charge in [-0.05, 0) is 25.8 Å². The smallest absolute Gasteiger partial charge is 0.273 e. The van der Waals surface area contributed by atoms with Gasteiger partial charge in [0.1, 0.15) is 11.6 Å². The molecule has 1 aliphatic heterocycles. The number of non-ortho nitro benzene ring substituents is 1. The number of nitrogens with one attached hydrogen (secondary N) is 1. The van der Waals surface area contributed by atoms with Crippen molar-refractivity contribution >= 4 is 11.6 Å². The van der Waals surface area contributed by atoms with Gasteiger partial charge in [0.25, 0.3) is 11.6 Å². The first-order chi connectivity index (χ1) is 14.5. The second kappa shape index (κ2) is 8.39. The van der Waals surface area contributed by atoms with E-state index in [-0.39, 0.29) is 17.3 Å². The summed E-state index contributed by atoms with van der Waals surface area (Å²) in [5, 5.41) is 30.3. The average molecular weight is 410 g/mol. The van der Waals surface area contributed by atoms with Gasteiger partial charge in [-0.3, -0.25) is 14.9 Å². The van der Waals surface area contributed by atoms with Gasteiger partial charge in [0.05, 0.1) is 16.3 Å². The third kappa shape index (κ3) is 3.91. The lowest BCUT2D eigenvalue weighted by Crippen LogP contribution is -2.27. The molecule has 0 unspecified atom stereocenters. The summed E-state index contributed by atoms with van der Waals surface area (Å²) in [4.78, 5) is 23.1. The van der Waals surface area contributed by atoms with Crippen LogP contribution in [-0.2, 0) is 19.4 Å². The van der Waals surface area contributed by atoms with E-state index in [9.17, 15) is 14.9 Å². The van der Waals surface area contributed by atoms with E-state index in [1.165, 1.54) is 23.2 Å². The number of nitro groups is 1. The molecule has 11 heteroatoms. The van der Waals surface area contributed by atoms with Crippen LogP contribution >= 0.6 is 0 Å². The number of hydrogen-bond donors (Lipinski definition) is 1. The summed E-state index contributed by atoms with van der Waals surface area (Å²) in [5.41, 5.74) is 1.10. The van der Waals surface area contributed by atoms with Gasteiger partial charge in [0.15, 0.2) is 5.69 Å². The molecule has 0 radical (unpaired) electrons. The minimum atomic E-state index is -0.478. The van der Waals surface area contributed by atoms with Crippen molar-refractivity contribution in [3.05, 3.63) is 57.4 Å². The topological polar surface area (TPSA) is 134 Å².